The molecule has 0 unspecified atom stereocenters. The van der Waals surface area contributed by atoms with Gasteiger partial charge in [-0.05, 0) is 32.0 Å². The molecular formula is C13H16FN3S. The SMILES string of the molecule is CCCNCc1nc(-c2ccc(F)cn2)c(C)s1. The Morgan fingerprint density at radius 3 is 2.89 bits per heavy atom. The molecule has 0 radical (unpaired) electrons. The molecule has 18 heavy (non-hydrogen) atoms. The smallest absolute Gasteiger partial charge is 0.141 e. The molecule has 0 atom stereocenters. The zero-order chi connectivity index (χ0) is 13.0. The normalized spacial score (nSPS) is 10.8. The summed E-state index contributed by atoms with van der Waals surface area (Å²) >= 11 is 1.66. The van der Waals surface area contributed by atoms with Gasteiger partial charge in [0.05, 0.1) is 11.9 Å². The highest BCUT2D eigenvalue weighted by molar-refractivity contribution is 7.12. The van der Waals surface area contributed by atoms with Crippen molar-refractivity contribution in [2.45, 2.75) is 26.8 Å². The van der Waals surface area contributed by atoms with Crippen molar-refractivity contribution in [3.05, 3.63) is 34.0 Å². The fourth-order valence-electron chi connectivity index (χ4n) is 1.65. The van der Waals surface area contributed by atoms with E-state index in [0.29, 0.717) is 0 Å². The van der Waals surface area contributed by atoms with E-state index in [1.165, 1.54) is 12.3 Å². The van der Waals surface area contributed by atoms with Gasteiger partial charge in [0.2, 0.25) is 0 Å². The van der Waals surface area contributed by atoms with Crippen LogP contribution in [0.2, 0.25) is 0 Å². The van der Waals surface area contributed by atoms with E-state index < -0.39 is 0 Å². The summed E-state index contributed by atoms with van der Waals surface area (Å²) < 4.78 is 12.8. The molecular weight excluding hydrogens is 249 g/mol. The summed E-state index contributed by atoms with van der Waals surface area (Å²) in [6.07, 6.45) is 2.33. The summed E-state index contributed by atoms with van der Waals surface area (Å²) in [6.45, 7) is 5.92. The number of pyridine rings is 1. The van der Waals surface area contributed by atoms with Crippen LogP contribution in [0, 0.1) is 12.7 Å². The maximum atomic E-state index is 12.8. The number of nitrogens with zero attached hydrogens (tertiary/aromatic N) is 2. The van der Waals surface area contributed by atoms with Gasteiger partial charge in [-0.3, -0.25) is 4.98 Å². The van der Waals surface area contributed by atoms with E-state index in [4.69, 9.17) is 0 Å². The molecule has 2 rings (SSSR count). The van der Waals surface area contributed by atoms with Gasteiger partial charge < -0.3 is 5.32 Å². The van der Waals surface area contributed by atoms with Crippen LogP contribution < -0.4 is 5.32 Å². The third-order valence-corrected chi connectivity index (χ3v) is 3.48. The van der Waals surface area contributed by atoms with Crippen LogP contribution in [-0.4, -0.2) is 16.5 Å². The van der Waals surface area contributed by atoms with Crippen molar-refractivity contribution in [3.63, 3.8) is 0 Å². The third-order valence-electron chi connectivity index (χ3n) is 2.51. The molecule has 0 fully saturated rings. The molecule has 0 aliphatic heterocycles. The highest BCUT2D eigenvalue weighted by Gasteiger charge is 2.10. The van der Waals surface area contributed by atoms with E-state index in [1.54, 1.807) is 17.4 Å². The fraction of sp³-hybridized carbons (Fsp3) is 0.385. The van der Waals surface area contributed by atoms with Crippen molar-refractivity contribution < 1.29 is 4.39 Å². The number of halogens is 1. The minimum Gasteiger partial charge on any atom is -0.310 e. The van der Waals surface area contributed by atoms with Crippen LogP contribution in [0.3, 0.4) is 0 Å². The summed E-state index contributed by atoms with van der Waals surface area (Å²) in [5.74, 6) is -0.323. The van der Waals surface area contributed by atoms with Crippen molar-refractivity contribution in [2.75, 3.05) is 6.54 Å². The molecule has 0 bridgehead atoms. The molecule has 0 amide bonds. The number of aromatic nitrogens is 2. The first-order valence-corrected chi connectivity index (χ1v) is 6.81. The number of nitrogens with one attached hydrogen (secondary N) is 1. The molecule has 0 aliphatic rings. The molecule has 5 heteroatoms. The van der Waals surface area contributed by atoms with Gasteiger partial charge in [-0.1, -0.05) is 6.92 Å². The van der Waals surface area contributed by atoms with Crippen molar-refractivity contribution in [1.29, 1.82) is 0 Å². The number of aryl methyl sites for hydroxylation is 1. The first kappa shape index (κ1) is 13.1. The van der Waals surface area contributed by atoms with Gasteiger partial charge in [-0.25, -0.2) is 9.37 Å². The molecule has 0 aliphatic carbocycles. The lowest BCUT2D eigenvalue weighted by Crippen LogP contribution is -2.13. The Balaban J connectivity index is 2.16. The molecule has 2 aromatic heterocycles. The van der Waals surface area contributed by atoms with Crippen molar-refractivity contribution in [3.8, 4) is 11.4 Å². The lowest BCUT2D eigenvalue weighted by Gasteiger charge is -1.98. The number of rotatable bonds is 5. The van der Waals surface area contributed by atoms with Crippen LogP contribution >= 0.6 is 11.3 Å². The van der Waals surface area contributed by atoms with Gasteiger partial charge in [0.1, 0.15) is 16.5 Å². The van der Waals surface area contributed by atoms with Gasteiger partial charge in [-0.2, -0.15) is 0 Å². The zero-order valence-electron chi connectivity index (χ0n) is 10.5. The average Bonchev–Trinajstić information content (AvgIpc) is 2.72. The van der Waals surface area contributed by atoms with Gasteiger partial charge in [-0.15, -0.1) is 11.3 Å². The van der Waals surface area contributed by atoms with E-state index in [0.717, 1.165) is 40.8 Å². The second kappa shape index (κ2) is 6.02. The fourth-order valence-corrected chi connectivity index (χ4v) is 2.56. The quantitative estimate of drug-likeness (QED) is 0.844. The van der Waals surface area contributed by atoms with Gasteiger partial charge in [0.25, 0.3) is 0 Å². The summed E-state index contributed by atoms with van der Waals surface area (Å²) in [6, 6.07) is 3.08. The van der Waals surface area contributed by atoms with Gasteiger partial charge >= 0.3 is 0 Å². The maximum Gasteiger partial charge on any atom is 0.141 e. The van der Waals surface area contributed by atoms with E-state index in [2.05, 4.69) is 22.2 Å². The van der Waals surface area contributed by atoms with E-state index in [9.17, 15) is 4.39 Å². The van der Waals surface area contributed by atoms with Crippen LogP contribution in [0.25, 0.3) is 11.4 Å². The highest BCUT2D eigenvalue weighted by atomic mass is 32.1. The summed E-state index contributed by atoms with van der Waals surface area (Å²) in [4.78, 5) is 9.73. The molecule has 0 saturated carbocycles. The average molecular weight is 265 g/mol. The van der Waals surface area contributed by atoms with Gasteiger partial charge in [0.15, 0.2) is 0 Å². The predicted molar refractivity (Wildman–Crippen MR) is 72.0 cm³/mol. The summed E-state index contributed by atoms with van der Waals surface area (Å²) in [5.41, 5.74) is 1.58. The lowest BCUT2D eigenvalue weighted by atomic mass is 10.2. The third kappa shape index (κ3) is 3.11. The molecule has 0 spiro atoms. The second-order valence-electron chi connectivity index (χ2n) is 4.05. The predicted octanol–water partition coefficient (Wildman–Crippen LogP) is 3.15. The Labute approximate surface area is 110 Å². The van der Waals surface area contributed by atoms with Crippen molar-refractivity contribution in [1.82, 2.24) is 15.3 Å². The Morgan fingerprint density at radius 2 is 2.22 bits per heavy atom. The topological polar surface area (TPSA) is 37.8 Å². The molecule has 96 valence electrons. The van der Waals surface area contributed by atoms with Crippen LogP contribution in [-0.2, 0) is 6.54 Å². The largest absolute Gasteiger partial charge is 0.310 e. The van der Waals surface area contributed by atoms with Crippen LogP contribution in [0.4, 0.5) is 4.39 Å². The summed E-state index contributed by atoms with van der Waals surface area (Å²) in [7, 11) is 0. The number of hydrogen-bond donors (Lipinski definition) is 1. The minimum atomic E-state index is -0.323. The zero-order valence-corrected chi connectivity index (χ0v) is 11.4. The Kier molecular flexibility index (Phi) is 4.38. The number of hydrogen-bond acceptors (Lipinski definition) is 4. The molecule has 1 N–H and O–H groups in total. The number of thiazole rings is 1. The van der Waals surface area contributed by atoms with Crippen molar-refractivity contribution >= 4 is 11.3 Å². The molecule has 3 nitrogen and oxygen atoms in total. The molecule has 0 saturated heterocycles. The Bertz CT molecular complexity index is 507. The maximum absolute atomic E-state index is 12.8. The highest BCUT2D eigenvalue weighted by Crippen LogP contribution is 2.25. The molecule has 0 aromatic carbocycles. The van der Waals surface area contributed by atoms with Crippen LogP contribution in [0.5, 0.6) is 0 Å². The van der Waals surface area contributed by atoms with Crippen LogP contribution in [0.15, 0.2) is 18.3 Å². The second-order valence-corrected chi connectivity index (χ2v) is 5.34. The van der Waals surface area contributed by atoms with E-state index in [1.807, 2.05) is 6.92 Å². The minimum absolute atomic E-state index is 0.323. The Hall–Kier alpha value is -1.33. The Morgan fingerprint density at radius 1 is 1.39 bits per heavy atom. The summed E-state index contributed by atoms with van der Waals surface area (Å²) in [5, 5.41) is 4.36. The van der Waals surface area contributed by atoms with E-state index in [-0.39, 0.29) is 5.82 Å². The molecule has 2 heterocycles. The first-order chi connectivity index (χ1) is 8.70. The van der Waals surface area contributed by atoms with Crippen molar-refractivity contribution in [2.24, 2.45) is 0 Å². The van der Waals surface area contributed by atoms with E-state index >= 15 is 0 Å². The standard InChI is InChI=1S/C13H16FN3S/c1-3-6-15-8-12-17-13(9(2)18-12)11-5-4-10(14)7-16-11/h4-5,7,15H,3,6,8H2,1-2H3. The lowest BCUT2D eigenvalue weighted by molar-refractivity contribution is 0.622. The molecule has 2 aromatic rings. The van der Waals surface area contributed by atoms with Gasteiger partial charge in [0, 0.05) is 11.4 Å². The monoisotopic (exact) mass is 265 g/mol. The first-order valence-electron chi connectivity index (χ1n) is 5.99. The van der Waals surface area contributed by atoms with Crippen LogP contribution in [0.1, 0.15) is 23.2 Å².